The zero-order valence-corrected chi connectivity index (χ0v) is 13.6. The summed E-state index contributed by atoms with van der Waals surface area (Å²) in [4.78, 5) is 12.0. The smallest absolute Gasteiger partial charge is 0.347 e. The molecule has 20 heavy (non-hydrogen) atoms. The molecule has 0 heterocycles. The first-order valence-electron chi connectivity index (χ1n) is 7.10. The minimum Gasteiger partial charge on any atom is -0.479 e. The topological polar surface area (TPSA) is 35.5 Å². The van der Waals surface area contributed by atoms with Crippen molar-refractivity contribution >= 4 is 5.97 Å². The summed E-state index contributed by atoms with van der Waals surface area (Å²) in [5, 5.41) is 0. The standard InChI is InChI=1S/C17H26O3/c1-11(2)14-9-8-12(3)10-15(14)19-13(4)16(18)20-17(5,6)7/h8-11,13H,1-7H3. The molecule has 3 heteroatoms. The molecule has 1 aromatic carbocycles. The SMILES string of the molecule is Cc1ccc(C(C)C)c(OC(C)C(=O)OC(C)(C)C)c1. The molecule has 0 amide bonds. The van der Waals surface area contributed by atoms with Gasteiger partial charge in [-0.25, -0.2) is 4.79 Å². The molecule has 3 nitrogen and oxygen atoms in total. The maximum absolute atomic E-state index is 12.0. The monoisotopic (exact) mass is 278 g/mol. The van der Waals surface area contributed by atoms with Crippen LogP contribution in [0, 0.1) is 6.92 Å². The van der Waals surface area contributed by atoms with Gasteiger partial charge in [0.1, 0.15) is 11.4 Å². The Balaban J connectivity index is 2.87. The number of hydrogen-bond acceptors (Lipinski definition) is 3. The van der Waals surface area contributed by atoms with Gasteiger partial charge in [-0.1, -0.05) is 26.0 Å². The summed E-state index contributed by atoms with van der Waals surface area (Å²) in [6.07, 6.45) is -0.617. The lowest BCUT2D eigenvalue weighted by Gasteiger charge is -2.24. The Bertz CT molecular complexity index is 470. The minimum absolute atomic E-state index is 0.339. The lowest BCUT2D eigenvalue weighted by atomic mass is 10.0. The molecule has 1 atom stereocenters. The molecule has 0 bridgehead atoms. The Morgan fingerprint density at radius 2 is 1.75 bits per heavy atom. The largest absolute Gasteiger partial charge is 0.479 e. The predicted octanol–water partition coefficient (Wildman–Crippen LogP) is 4.23. The van der Waals surface area contributed by atoms with Gasteiger partial charge in [0.2, 0.25) is 0 Å². The average molecular weight is 278 g/mol. The number of carbonyl (C=O) groups is 1. The van der Waals surface area contributed by atoms with E-state index in [1.807, 2.05) is 33.8 Å². The van der Waals surface area contributed by atoms with Crippen molar-refractivity contribution < 1.29 is 14.3 Å². The molecule has 0 saturated heterocycles. The minimum atomic E-state index is -0.617. The van der Waals surface area contributed by atoms with E-state index in [0.29, 0.717) is 5.92 Å². The van der Waals surface area contributed by atoms with Gasteiger partial charge in [-0.3, -0.25) is 0 Å². The van der Waals surface area contributed by atoms with Crippen molar-refractivity contribution in [3.63, 3.8) is 0 Å². The van der Waals surface area contributed by atoms with Crippen LogP contribution < -0.4 is 4.74 Å². The molecule has 0 aliphatic rings. The van der Waals surface area contributed by atoms with Crippen LogP contribution in [0.4, 0.5) is 0 Å². The summed E-state index contributed by atoms with van der Waals surface area (Å²) in [6, 6.07) is 6.08. The van der Waals surface area contributed by atoms with Gasteiger partial charge in [0, 0.05) is 0 Å². The Kier molecular flexibility index (Phi) is 5.21. The third kappa shape index (κ3) is 4.87. The van der Waals surface area contributed by atoms with Crippen LogP contribution in [0.2, 0.25) is 0 Å². The van der Waals surface area contributed by atoms with Crippen LogP contribution in [0.1, 0.15) is 58.6 Å². The van der Waals surface area contributed by atoms with Gasteiger partial charge in [-0.2, -0.15) is 0 Å². The van der Waals surface area contributed by atoms with E-state index < -0.39 is 11.7 Å². The lowest BCUT2D eigenvalue weighted by Crippen LogP contribution is -2.33. The van der Waals surface area contributed by atoms with E-state index in [1.165, 1.54) is 0 Å². The van der Waals surface area contributed by atoms with E-state index in [9.17, 15) is 4.79 Å². The number of benzene rings is 1. The molecule has 0 N–H and O–H groups in total. The molecular formula is C17H26O3. The second kappa shape index (κ2) is 6.29. The average Bonchev–Trinajstić information content (AvgIpc) is 2.26. The highest BCUT2D eigenvalue weighted by Crippen LogP contribution is 2.28. The summed E-state index contributed by atoms with van der Waals surface area (Å²) < 4.78 is 11.2. The van der Waals surface area contributed by atoms with E-state index in [1.54, 1.807) is 6.92 Å². The fraction of sp³-hybridized carbons (Fsp3) is 0.588. The fourth-order valence-electron chi connectivity index (χ4n) is 1.84. The van der Waals surface area contributed by atoms with Crippen molar-refractivity contribution in [1.29, 1.82) is 0 Å². The van der Waals surface area contributed by atoms with E-state index >= 15 is 0 Å². The van der Waals surface area contributed by atoms with Gasteiger partial charge >= 0.3 is 5.97 Å². The number of ether oxygens (including phenoxy) is 2. The molecule has 0 fully saturated rings. The van der Waals surface area contributed by atoms with Crippen molar-refractivity contribution in [2.24, 2.45) is 0 Å². The quantitative estimate of drug-likeness (QED) is 0.773. The zero-order chi connectivity index (χ0) is 15.5. The molecular weight excluding hydrogens is 252 g/mol. The summed E-state index contributed by atoms with van der Waals surface area (Å²) in [7, 11) is 0. The van der Waals surface area contributed by atoms with Crippen molar-refractivity contribution in [1.82, 2.24) is 0 Å². The summed E-state index contributed by atoms with van der Waals surface area (Å²) in [5.74, 6) is 0.767. The van der Waals surface area contributed by atoms with E-state index in [0.717, 1.165) is 16.9 Å². The fourth-order valence-corrected chi connectivity index (χ4v) is 1.84. The normalized spacial score (nSPS) is 13.2. The highest BCUT2D eigenvalue weighted by atomic mass is 16.6. The molecule has 1 aromatic rings. The van der Waals surface area contributed by atoms with Crippen molar-refractivity contribution in [3.8, 4) is 5.75 Å². The van der Waals surface area contributed by atoms with Gasteiger partial charge in [-0.05, 0) is 57.7 Å². The molecule has 0 saturated carbocycles. The first-order chi connectivity index (χ1) is 9.10. The van der Waals surface area contributed by atoms with E-state index in [2.05, 4.69) is 26.0 Å². The van der Waals surface area contributed by atoms with Gasteiger partial charge < -0.3 is 9.47 Å². The van der Waals surface area contributed by atoms with Crippen LogP contribution in [0.5, 0.6) is 5.75 Å². The van der Waals surface area contributed by atoms with Crippen molar-refractivity contribution in [2.45, 2.75) is 66.1 Å². The summed E-state index contributed by atoms with van der Waals surface area (Å²) >= 11 is 0. The van der Waals surface area contributed by atoms with E-state index in [-0.39, 0.29) is 5.97 Å². The highest BCUT2D eigenvalue weighted by molar-refractivity contribution is 5.75. The Labute approximate surface area is 122 Å². The number of hydrogen-bond donors (Lipinski definition) is 0. The highest BCUT2D eigenvalue weighted by Gasteiger charge is 2.24. The molecule has 1 unspecified atom stereocenters. The third-order valence-corrected chi connectivity index (χ3v) is 2.83. The Morgan fingerprint density at radius 1 is 1.15 bits per heavy atom. The molecule has 0 radical (unpaired) electrons. The summed E-state index contributed by atoms with van der Waals surface area (Å²) in [5.41, 5.74) is 1.72. The number of carbonyl (C=O) groups excluding carboxylic acids is 1. The van der Waals surface area contributed by atoms with Gasteiger partial charge in [0.15, 0.2) is 6.10 Å². The van der Waals surface area contributed by atoms with Crippen LogP contribution in [0.25, 0.3) is 0 Å². The zero-order valence-electron chi connectivity index (χ0n) is 13.6. The van der Waals surface area contributed by atoms with Crippen molar-refractivity contribution in [2.75, 3.05) is 0 Å². The molecule has 0 aliphatic carbocycles. The van der Waals surface area contributed by atoms with Crippen LogP contribution >= 0.6 is 0 Å². The number of esters is 1. The maximum Gasteiger partial charge on any atom is 0.347 e. The Hall–Kier alpha value is -1.51. The lowest BCUT2D eigenvalue weighted by molar-refractivity contribution is -0.162. The molecule has 1 rings (SSSR count). The maximum atomic E-state index is 12.0. The third-order valence-electron chi connectivity index (χ3n) is 2.83. The van der Waals surface area contributed by atoms with Gasteiger partial charge in [-0.15, -0.1) is 0 Å². The van der Waals surface area contributed by atoms with Crippen LogP contribution in [0.15, 0.2) is 18.2 Å². The van der Waals surface area contributed by atoms with E-state index in [4.69, 9.17) is 9.47 Å². The van der Waals surface area contributed by atoms with Gasteiger partial charge in [0.25, 0.3) is 0 Å². The first-order valence-corrected chi connectivity index (χ1v) is 7.10. The van der Waals surface area contributed by atoms with Crippen LogP contribution in [0.3, 0.4) is 0 Å². The van der Waals surface area contributed by atoms with Crippen molar-refractivity contribution in [3.05, 3.63) is 29.3 Å². The Morgan fingerprint density at radius 3 is 2.25 bits per heavy atom. The molecule has 0 spiro atoms. The van der Waals surface area contributed by atoms with Crippen LogP contribution in [-0.4, -0.2) is 17.7 Å². The second-order valence-electron chi connectivity index (χ2n) is 6.49. The molecule has 0 aliphatic heterocycles. The van der Waals surface area contributed by atoms with Gasteiger partial charge in [0.05, 0.1) is 0 Å². The second-order valence-corrected chi connectivity index (χ2v) is 6.49. The number of rotatable bonds is 4. The number of aryl methyl sites for hydroxylation is 1. The molecule has 112 valence electrons. The van der Waals surface area contributed by atoms with Crippen LogP contribution in [-0.2, 0) is 9.53 Å². The predicted molar refractivity (Wildman–Crippen MR) is 81.2 cm³/mol. The summed E-state index contributed by atoms with van der Waals surface area (Å²) in [6.45, 7) is 13.5. The first kappa shape index (κ1) is 16.5. The molecule has 0 aromatic heterocycles.